The van der Waals surface area contributed by atoms with E-state index in [1.165, 1.54) is 122 Å². The minimum atomic E-state index is -0.652. The fourth-order valence-electron chi connectivity index (χ4n) is 19.8. The van der Waals surface area contributed by atoms with Crippen LogP contribution in [0.1, 0.15) is 44.5 Å². The van der Waals surface area contributed by atoms with Crippen molar-refractivity contribution >= 4 is 67.1 Å². The minimum absolute atomic E-state index is 0.502. The van der Waals surface area contributed by atoms with Crippen LogP contribution in [-0.4, -0.2) is 24.9 Å². The molecule has 18 aromatic rings. The van der Waals surface area contributed by atoms with E-state index in [2.05, 4.69) is 350 Å². The average molecular weight is 1340 g/mol. The molecular formula is C99H57N7. The molecule has 4 aliphatic carbocycles. The molecule has 0 N–H and O–H groups in total. The molecular weight excluding hydrogens is 1290 g/mol. The van der Waals surface area contributed by atoms with Crippen LogP contribution in [0.3, 0.4) is 0 Å². The Morgan fingerprint density at radius 1 is 0.208 bits per heavy atom. The molecule has 0 radical (unpaired) electrons. The van der Waals surface area contributed by atoms with Gasteiger partial charge < -0.3 is 0 Å². The molecule has 2 aliphatic heterocycles. The largest absolute Gasteiger partial charge is 0.278 e. The van der Waals surface area contributed by atoms with Crippen molar-refractivity contribution in [3.63, 3.8) is 0 Å². The highest BCUT2D eigenvalue weighted by Crippen LogP contribution is 2.69. The maximum Gasteiger partial charge on any atom is 0.238 e. The highest BCUT2D eigenvalue weighted by atomic mass is 15.3. The van der Waals surface area contributed by atoms with Crippen LogP contribution in [0.4, 0.5) is 34.6 Å². The Labute approximate surface area is 611 Å². The summed E-state index contributed by atoms with van der Waals surface area (Å²) < 4.78 is 0. The third-order valence-electron chi connectivity index (χ3n) is 23.8. The maximum absolute atomic E-state index is 5.61. The van der Waals surface area contributed by atoms with E-state index < -0.39 is 10.8 Å². The molecule has 0 bridgehead atoms. The first-order valence-corrected chi connectivity index (χ1v) is 36.5. The molecule has 16 aromatic carbocycles. The molecule has 0 saturated carbocycles. The molecule has 0 amide bonds. The Morgan fingerprint density at radius 2 is 0.575 bits per heavy atom. The summed E-state index contributed by atoms with van der Waals surface area (Å²) in [5.74, 6) is 2.36. The lowest BCUT2D eigenvalue weighted by Gasteiger charge is -2.35. The summed E-state index contributed by atoms with van der Waals surface area (Å²) in [6.07, 6.45) is 0. The quantitative estimate of drug-likeness (QED) is 0.164. The standard InChI is InChI=1S/C99H57N7/c1-3-26-59(27-4-1)93-70-37-12-20-47-83(70)100-96(101-93)105-84-48-21-13-32-65(84)74-57-82-90(72-40-24-50-86(105)91(72)74)69-36-11-19-45-79(69)99(82)78-44-18-9-34-67(78)88-62(38-23-46-80(88)99)58-52-54-61(55-53-58)95-102-94(60-28-5-2-6-29-60)103-97(104-95)106-85-49-22-14-33-66(85)73-56-81-89(71-39-25-51-87(106)92(71)73)68-35-10-17-43-77(68)98(81)75-41-15-7-30-63(75)64-31-8-16-42-76(64)98/h1-57H. The Balaban J connectivity index is 0.660. The number of anilines is 6. The fraction of sp³-hybridized carbons (Fsp3) is 0.0202. The Bertz CT molecular complexity index is 6880. The number of hydrogen-bond donors (Lipinski definition) is 0. The highest BCUT2D eigenvalue weighted by Gasteiger charge is 2.55. The summed E-state index contributed by atoms with van der Waals surface area (Å²) in [6.45, 7) is 0. The molecule has 0 saturated heterocycles. The second-order valence-electron chi connectivity index (χ2n) is 28.7. The molecule has 1 unspecified atom stereocenters. The van der Waals surface area contributed by atoms with Gasteiger partial charge in [0, 0.05) is 44.0 Å². The summed E-state index contributed by atoms with van der Waals surface area (Å²) in [6, 6.07) is 127. The van der Waals surface area contributed by atoms with Crippen molar-refractivity contribution in [2.45, 2.75) is 10.8 Å². The van der Waals surface area contributed by atoms with E-state index in [0.29, 0.717) is 23.5 Å². The molecule has 1 atom stereocenters. The van der Waals surface area contributed by atoms with Crippen LogP contribution in [0.25, 0.3) is 144 Å². The summed E-state index contributed by atoms with van der Waals surface area (Å²) >= 11 is 0. The molecule has 488 valence electrons. The van der Waals surface area contributed by atoms with Gasteiger partial charge in [0.1, 0.15) is 0 Å². The first kappa shape index (κ1) is 57.6. The lowest BCUT2D eigenvalue weighted by molar-refractivity contribution is 0.794. The van der Waals surface area contributed by atoms with Crippen LogP contribution in [0.5, 0.6) is 0 Å². The molecule has 4 heterocycles. The zero-order chi connectivity index (χ0) is 69.1. The first-order valence-electron chi connectivity index (χ1n) is 36.5. The van der Waals surface area contributed by atoms with E-state index in [4.69, 9.17) is 24.9 Å². The van der Waals surface area contributed by atoms with Gasteiger partial charge in [0.15, 0.2) is 11.6 Å². The maximum atomic E-state index is 5.61. The normalized spacial score (nSPS) is 14.9. The zero-order valence-electron chi connectivity index (χ0n) is 57.0. The third-order valence-corrected chi connectivity index (χ3v) is 23.8. The van der Waals surface area contributed by atoms with E-state index >= 15 is 0 Å². The number of aromatic nitrogens is 5. The number of nitrogens with zero attached hydrogens (tertiary/aromatic N) is 7. The van der Waals surface area contributed by atoms with Gasteiger partial charge in [-0.15, -0.1) is 0 Å². The smallest absolute Gasteiger partial charge is 0.238 e. The van der Waals surface area contributed by atoms with Crippen LogP contribution in [0.2, 0.25) is 0 Å². The topological polar surface area (TPSA) is 70.9 Å². The van der Waals surface area contributed by atoms with Crippen molar-refractivity contribution in [1.29, 1.82) is 0 Å². The van der Waals surface area contributed by atoms with E-state index in [9.17, 15) is 0 Å². The van der Waals surface area contributed by atoms with Gasteiger partial charge in [-0.2, -0.15) is 9.97 Å². The van der Waals surface area contributed by atoms with Gasteiger partial charge in [-0.05, 0) is 165 Å². The number of fused-ring (bicyclic) bond motifs is 27. The molecule has 106 heavy (non-hydrogen) atoms. The minimum Gasteiger partial charge on any atom is -0.278 e. The lowest BCUT2D eigenvalue weighted by atomic mass is 9.69. The zero-order valence-corrected chi connectivity index (χ0v) is 57.0. The first-order chi connectivity index (χ1) is 52.6. The lowest BCUT2D eigenvalue weighted by Crippen LogP contribution is -2.26. The number of para-hydroxylation sites is 3. The highest BCUT2D eigenvalue weighted by molar-refractivity contribution is 6.22. The molecule has 2 aromatic heterocycles. The molecule has 2 spiro atoms. The van der Waals surface area contributed by atoms with Crippen LogP contribution < -0.4 is 9.80 Å². The molecule has 0 fully saturated rings. The van der Waals surface area contributed by atoms with Gasteiger partial charge >= 0.3 is 0 Å². The molecule has 7 heteroatoms. The van der Waals surface area contributed by atoms with Crippen molar-refractivity contribution in [1.82, 2.24) is 24.9 Å². The van der Waals surface area contributed by atoms with Gasteiger partial charge in [-0.1, -0.05) is 303 Å². The summed E-state index contributed by atoms with van der Waals surface area (Å²) in [4.78, 5) is 32.0. The second kappa shape index (κ2) is 21.3. The van der Waals surface area contributed by atoms with Crippen molar-refractivity contribution in [2.75, 3.05) is 9.80 Å². The summed E-state index contributed by atoms with van der Waals surface area (Å²) in [7, 11) is 0. The van der Waals surface area contributed by atoms with E-state index in [-0.39, 0.29) is 0 Å². The second-order valence-corrected chi connectivity index (χ2v) is 28.7. The van der Waals surface area contributed by atoms with E-state index in [1.54, 1.807) is 0 Å². The number of hydrogen-bond acceptors (Lipinski definition) is 7. The van der Waals surface area contributed by atoms with E-state index in [1.807, 2.05) is 6.07 Å². The Kier molecular flexibility index (Phi) is 11.6. The summed E-state index contributed by atoms with van der Waals surface area (Å²) in [5, 5.41) is 5.76. The van der Waals surface area contributed by atoms with Crippen LogP contribution in [0.15, 0.2) is 346 Å². The van der Waals surface area contributed by atoms with Crippen molar-refractivity contribution in [3.8, 4) is 112 Å². The van der Waals surface area contributed by atoms with Gasteiger partial charge in [0.05, 0.1) is 44.8 Å². The van der Waals surface area contributed by atoms with Crippen molar-refractivity contribution in [2.24, 2.45) is 0 Å². The predicted molar refractivity (Wildman–Crippen MR) is 430 cm³/mol. The van der Waals surface area contributed by atoms with Gasteiger partial charge in [0.25, 0.3) is 0 Å². The Morgan fingerprint density at radius 3 is 1.12 bits per heavy atom. The fourth-order valence-corrected chi connectivity index (χ4v) is 19.8. The third kappa shape index (κ3) is 7.42. The monoisotopic (exact) mass is 1340 g/mol. The number of rotatable bonds is 6. The van der Waals surface area contributed by atoms with Crippen LogP contribution >= 0.6 is 0 Å². The number of benzene rings is 16. The SMILES string of the molecule is c1ccc(-c2nc(-c3ccc(-c4cccc5c4-c4ccccc4C54c5ccccc5-c5c4cc4c6c(cccc56)N(c5nc(-c6ccccc6)c6ccccc6n5)c5ccccc5-4)cc3)nc(N3c4ccccc4-c4cc5c(c6cccc3c46)-c3ccccc3C53c4ccccc4-c4ccccc43)n2)cc1. The van der Waals surface area contributed by atoms with Crippen LogP contribution in [-0.2, 0) is 10.8 Å². The summed E-state index contributed by atoms with van der Waals surface area (Å²) in [5.41, 5.74) is 35.0. The van der Waals surface area contributed by atoms with Gasteiger partial charge in [-0.25, -0.2) is 15.0 Å². The molecule has 7 nitrogen and oxygen atoms in total. The molecule has 24 rings (SSSR count). The van der Waals surface area contributed by atoms with Crippen molar-refractivity contribution < 1.29 is 0 Å². The van der Waals surface area contributed by atoms with Gasteiger partial charge in [-0.3, -0.25) is 9.80 Å². The predicted octanol–water partition coefficient (Wildman–Crippen LogP) is 24.4. The van der Waals surface area contributed by atoms with E-state index in [0.717, 1.165) is 78.3 Å². The molecule has 6 aliphatic rings. The average Bonchev–Trinajstić information content (AvgIpc) is 1.50. The van der Waals surface area contributed by atoms with Crippen LogP contribution in [0, 0.1) is 0 Å². The Hall–Kier alpha value is -14.0. The van der Waals surface area contributed by atoms with Gasteiger partial charge in [0.2, 0.25) is 11.9 Å². The van der Waals surface area contributed by atoms with Crippen molar-refractivity contribution in [3.05, 3.63) is 390 Å².